The first-order valence-electron chi connectivity index (χ1n) is 10.5. The number of Topliss-reactive ketones (excluding diaryl/α,β-unsaturated/α-hetero) is 1. The van der Waals surface area contributed by atoms with Crippen LogP contribution in [0.25, 0.3) is 11.1 Å². The number of rotatable bonds is 8. The Labute approximate surface area is 206 Å². The maximum Gasteiger partial charge on any atom is 0.335 e. The highest BCUT2D eigenvalue weighted by Crippen LogP contribution is 2.35. The number of aromatic nitrogens is 1. The minimum absolute atomic E-state index is 0.167. The molecule has 0 fully saturated rings. The highest BCUT2D eigenvalue weighted by atomic mass is 35.5. The predicted octanol–water partition coefficient (Wildman–Crippen LogP) is 5.96. The van der Waals surface area contributed by atoms with E-state index in [2.05, 4.69) is 9.98 Å². The monoisotopic (exact) mass is 494 g/mol. The molecule has 34 heavy (non-hydrogen) atoms. The van der Waals surface area contributed by atoms with Crippen molar-refractivity contribution in [2.45, 2.75) is 18.9 Å². The number of carboxylic acids is 1. The number of benzene rings is 2. The second-order valence-electron chi connectivity index (χ2n) is 7.70. The van der Waals surface area contributed by atoms with Gasteiger partial charge in [0.2, 0.25) is 5.88 Å². The standard InChI is InChI=1S/C26H20Cl2N2O4/c1-2-34-24-18(12-19(15-29-24)16-5-3-6-17(11-16)25(32)33)14-26(9-4-10-30-26)23(31)21-8-7-20(27)13-22(21)28/h3-13,15H,2,14H2,1H3,(H,32,33). The number of nitrogens with zero attached hydrogens (tertiary/aromatic N) is 2. The molecule has 2 aromatic carbocycles. The number of aromatic carboxylic acids is 1. The van der Waals surface area contributed by atoms with Gasteiger partial charge in [-0.2, -0.15) is 0 Å². The number of halogens is 2. The summed E-state index contributed by atoms with van der Waals surface area (Å²) in [6.45, 7) is 2.23. The van der Waals surface area contributed by atoms with Crippen LogP contribution >= 0.6 is 23.2 Å². The summed E-state index contributed by atoms with van der Waals surface area (Å²) in [5.41, 5.74) is 1.28. The first kappa shape index (κ1) is 23.7. The van der Waals surface area contributed by atoms with E-state index in [1.807, 2.05) is 13.0 Å². The Hall–Kier alpha value is -3.48. The molecule has 1 aliphatic rings. The van der Waals surface area contributed by atoms with Gasteiger partial charge in [-0.05, 0) is 61.0 Å². The van der Waals surface area contributed by atoms with E-state index in [4.69, 9.17) is 27.9 Å². The average molecular weight is 495 g/mol. The zero-order chi connectivity index (χ0) is 24.3. The van der Waals surface area contributed by atoms with Gasteiger partial charge in [-0.25, -0.2) is 9.78 Å². The van der Waals surface area contributed by atoms with E-state index in [-0.39, 0.29) is 22.8 Å². The zero-order valence-electron chi connectivity index (χ0n) is 18.2. The lowest BCUT2D eigenvalue weighted by Gasteiger charge is -2.25. The van der Waals surface area contributed by atoms with Gasteiger partial charge in [0.05, 0.1) is 17.2 Å². The number of ketones is 1. The summed E-state index contributed by atoms with van der Waals surface area (Å²) < 4.78 is 5.73. The third kappa shape index (κ3) is 4.74. The first-order valence-corrected chi connectivity index (χ1v) is 11.3. The molecule has 8 heteroatoms. The quantitative estimate of drug-likeness (QED) is 0.390. The molecule has 3 aromatic rings. The lowest BCUT2D eigenvalue weighted by atomic mass is 9.84. The van der Waals surface area contributed by atoms with E-state index >= 15 is 0 Å². The van der Waals surface area contributed by atoms with Gasteiger partial charge in [-0.3, -0.25) is 9.79 Å². The van der Waals surface area contributed by atoms with Gasteiger partial charge >= 0.3 is 5.97 Å². The Kier molecular flexibility index (Phi) is 6.82. The van der Waals surface area contributed by atoms with Crippen molar-refractivity contribution in [1.29, 1.82) is 0 Å². The van der Waals surface area contributed by atoms with E-state index in [1.165, 1.54) is 12.1 Å². The third-order valence-corrected chi connectivity index (χ3v) is 5.99. The second-order valence-corrected chi connectivity index (χ2v) is 8.54. The molecule has 1 aliphatic heterocycles. The maximum absolute atomic E-state index is 13.6. The lowest BCUT2D eigenvalue weighted by molar-refractivity contribution is 0.0696. The summed E-state index contributed by atoms with van der Waals surface area (Å²) in [7, 11) is 0. The molecule has 1 aromatic heterocycles. The highest BCUT2D eigenvalue weighted by Gasteiger charge is 2.39. The Morgan fingerprint density at radius 2 is 1.91 bits per heavy atom. The molecule has 1 atom stereocenters. The van der Waals surface area contributed by atoms with Crippen LogP contribution in [0.4, 0.5) is 0 Å². The van der Waals surface area contributed by atoms with Gasteiger partial charge in [0, 0.05) is 40.5 Å². The van der Waals surface area contributed by atoms with Crippen molar-refractivity contribution in [1.82, 2.24) is 4.98 Å². The van der Waals surface area contributed by atoms with Crippen LogP contribution in [0.3, 0.4) is 0 Å². The zero-order valence-corrected chi connectivity index (χ0v) is 19.7. The molecule has 0 saturated heterocycles. The van der Waals surface area contributed by atoms with Crippen molar-refractivity contribution in [3.05, 3.63) is 93.6 Å². The highest BCUT2D eigenvalue weighted by molar-refractivity contribution is 6.37. The van der Waals surface area contributed by atoms with E-state index < -0.39 is 11.5 Å². The van der Waals surface area contributed by atoms with Crippen LogP contribution < -0.4 is 4.74 Å². The molecule has 2 heterocycles. The molecular weight excluding hydrogens is 475 g/mol. The number of hydrogen-bond donors (Lipinski definition) is 1. The number of carbonyl (C=O) groups is 2. The largest absolute Gasteiger partial charge is 0.478 e. The van der Waals surface area contributed by atoms with Crippen LogP contribution in [0, 0.1) is 0 Å². The smallest absolute Gasteiger partial charge is 0.335 e. The van der Waals surface area contributed by atoms with Gasteiger partial charge in [0.15, 0.2) is 5.78 Å². The van der Waals surface area contributed by atoms with Crippen LogP contribution in [-0.4, -0.2) is 40.2 Å². The number of ether oxygens (including phenoxy) is 1. The van der Waals surface area contributed by atoms with E-state index in [9.17, 15) is 14.7 Å². The fraction of sp³-hybridized carbons (Fsp3) is 0.154. The number of allylic oxidation sites excluding steroid dienone is 1. The van der Waals surface area contributed by atoms with E-state index in [0.717, 1.165) is 0 Å². The van der Waals surface area contributed by atoms with Crippen molar-refractivity contribution >= 4 is 41.2 Å². The molecule has 0 aliphatic carbocycles. The molecule has 0 saturated carbocycles. The Morgan fingerprint density at radius 1 is 1.09 bits per heavy atom. The topological polar surface area (TPSA) is 88.9 Å². The van der Waals surface area contributed by atoms with E-state index in [0.29, 0.717) is 39.8 Å². The Balaban J connectivity index is 1.77. The molecule has 172 valence electrons. The number of hydrogen-bond acceptors (Lipinski definition) is 5. The molecule has 1 N–H and O–H groups in total. The van der Waals surface area contributed by atoms with E-state index in [1.54, 1.807) is 54.9 Å². The van der Waals surface area contributed by atoms with Crippen molar-refractivity contribution < 1.29 is 19.4 Å². The molecule has 0 bridgehead atoms. The van der Waals surface area contributed by atoms with Crippen LogP contribution in [0.15, 0.2) is 71.9 Å². The Morgan fingerprint density at radius 3 is 2.59 bits per heavy atom. The van der Waals surface area contributed by atoms with Crippen molar-refractivity contribution in [2.24, 2.45) is 4.99 Å². The summed E-state index contributed by atoms with van der Waals surface area (Å²) in [5.74, 6) is -0.916. The van der Waals surface area contributed by atoms with Crippen LogP contribution in [-0.2, 0) is 6.42 Å². The molecule has 4 rings (SSSR count). The van der Waals surface area contributed by atoms with Gasteiger partial charge < -0.3 is 9.84 Å². The molecule has 0 radical (unpaired) electrons. The molecule has 1 unspecified atom stereocenters. The number of pyridine rings is 1. The molecular formula is C26H20Cl2N2O4. The number of carbonyl (C=O) groups excluding carboxylic acids is 1. The number of carboxylic acid groups (broad SMARTS) is 1. The van der Waals surface area contributed by atoms with Gasteiger partial charge in [-0.15, -0.1) is 0 Å². The summed E-state index contributed by atoms with van der Waals surface area (Å²) in [6.07, 6.45) is 6.82. The molecule has 6 nitrogen and oxygen atoms in total. The Bertz CT molecular complexity index is 1320. The summed E-state index contributed by atoms with van der Waals surface area (Å²) in [5, 5.41) is 10.0. The second kappa shape index (κ2) is 9.79. The van der Waals surface area contributed by atoms with Crippen molar-refractivity contribution in [3.63, 3.8) is 0 Å². The van der Waals surface area contributed by atoms with Crippen molar-refractivity contribution in [2.75, 3.05) is 6.61 Å². The summed E-state index contributed by atoms with van der Waals surface area (Å²) in [4.78, 5) is 34.0. The van der Waals surface area contributed by atoms with Crippen LogP contribution in [0.2, 0.25) is 10.0 Å². The molecule has 0 amide bonds. The van der Waals surface area contributed by atoms with Crippen LogP contribution in [0.5, 0.6) is 5.88 Å². The predicted molar refractivity (Wildman–Crippen MR) is 133 cm³/mol. The minimum atomic E-state index is -1.23. The SMILES string of the molecule is CCOc1ncc(-c2cccc(C(=O)O)c2)cc1CC1(C(=O)c2ccc(Cl)cc2Cl)C=CC=N1. The summed E-state index contributed by atoms with van der Waals surface area (Å²) in [6, 6.07) is 13.1. The minimum Gasteiger partial charge on any atom is -0.478 e. The van der Waals surface area contributed by atoms with Gasteiger partial charge in [0.25, 0.3) is 0 Å². The maximum atomic E-state index is 13.6. The first-order chi connectivity index (χ1) is 16.3. The molecule has 0 spiro atoms. The van der Waals surface area contributed by atoms with Crippen molar-refractivity contribution in [3.8, 4) is 17.0 Å². The third-order valence-electron chi connectivity index (χ3n) is 5.44. The van der Waals surface area contributed by atoms with Crippen LogP contribution in [0.1, 0.15) is 33.2 Å². The lowest BCUT2D eigenvalue weighted by Crippen LogP contribution is -2.36. The fourth-order valence-electron chi connectivity index (χ4n) is 3.82. The summed E-state index contributed by atoms with van der Waals surface area (Å²) >= 11 is 12.3. The van der Waals surface area contributed by atoms with Gasteiger partial charge in [0.1, 0.15) is 5.54 Å². The van der Waals surface area contributed by atoms with Gasteiger partial charge in [-0.1, -0.05) is 35.3 Å². The number of aliphatic imine (C=N–C) groups is 1. The fourth-order valence-corrected chi connectivity index (χ4v) is 4.31. The normalized spacial score (nSPS) is 16.6. The average Bonchev–Trinajstić information content (AvgIpc) is 3.30.